The molecule has 0 aliphatic carbocycles. The number of nitrogens with zero attached hydrogens (tertiary/aromatic N) is 1. The molecule has 0 spiro atoms. The average molecular weight is 411 g/mol. The number of benzene rings is 2. The minimum absolute atomic E-state index is 0.345. The third kappa shape index (κ3) is 4.70. The number of hydrogen-bond acceptors (Lipinski definition) is 3. The van der Waals surface area contributed by atoms with Crippen LogP contribution in [0.15, 0.2) is 42.5 Å². The molecule has 1 unspecified atom stereocenters. The van der Waals surface area contributed by atoms with E-state index in [2.05, 4.69) is 0 Å². The highest BCUT2D eigenvalue weighted by Crippen LogP contribution is 2.39. The van der Waals surface area contributed by atoms with Crippen LogP contribution in [0.4, 0.5) is 17.6 Å². The van der Waals surface area contributed by atoms with Gasteiger partial charge in [0.2, 0.25) is 0 Å². The van der Waals surface area contributed by atoms with Crippen LogP contribution in [0.25, 0.3) is 0 Å². The SMILES string of the molecule is COc1ccc(F)cc1C(c1cccc(C(F)(F)F)c1)N1CCC(C(=O)O)CC1. The Morgan fingerprint density at radius 1 is 1.17 bits per heavy atom. The maximum Gasteiger partial charge on any atom is 0.416 e. The number of rotatable bonds is 5. The molecule has 1 N–H and O–H groups in total. The van der Waals surface area contributed by atoms with Gasteiger partial charge in [0, 0.05) is 5.56 Å². The summed E-state index contributed by atoms with van der Waals surface area (Å²) in [5, 5.41) is 9.23. The summed E-state index contributed by atoms with van der Waals surface area (Å²) in [5.74, 6) is -1.56. The van der Waals surface area contributed by atoms with Crippen LogP contribution < -0.4 is 4.74 Å². The minimum atomic E-state index is -4.51. The van der Waals surface area contributed by atoms with Crippen LogP contribution in [-0.2, 0) is 11.0 Å². The lowest BCUT2D eigenvalue weighted by Crippen LogP contribution is -2.39. The number of hydrogen-bond donors (Lipinski definition) is 1. The van der Waals surface area contributed by atoms with E-state index in [4.69, 9.17) is 4.74 Å². The third-order valence-corrected chi connectivity index (χ3v) is 5.26. The minimum Gasteiger partial charge on any atom is -0.496 e. The molecule has 1 aliphatic heterocycles. The van der Waals surface area contributed by atoms with Crippen molar-refractivity contribution in [3.05, 3.63) is 65.0 Å². The molecule has 2 aromatic carbocycles. The number of ether oxygens (including phenoxy) is 1. The topological polar surface area (TPSA) is 49.8 Å². The number of carbonyl (C=O) groups is 1. The molecule has 29 heavy (non-hydrogen) atoms. The van der Waals surface area contributed by atoms with Crippen LogP contribution in [0.2, 0.25) is 0 Å². The molecule has 156 valence electrons. The normalized spacial score (nSPS) is 17.1. The summed E-state index contributed by atoms with van der Waals surface area (Å²) in [4.78, 5) is 13.1. The molecule has 1 heterocycles. The molecular weight excluding hydrogens is 390 g/mol. The molecule has 1 atom stereocenters. The summed E-state index contributed by atoms with van der Waals surface area (Å²) in [5.41, 5.74) is -0.0473. The molecule has 8 heteroatoms. The number of aliphatic carboxylic acids is 1. The van der Waals surface area contributed by atoms with Gasteiger partial charge in [-0.3, -0.25) is 9.69 Å². The second-order valence-electron chi connectivity index (χ2n) is 7.06. The summed E-state index contributed by atoms with van der Waals surface area (Å²) < 4.78 is 59.2. The lowest BCUT2D eigenvalue weighted by atomic mass is 9.90. The number of alkyl halides is 3. The average Bonchev–Trinajstić information content (AvgIpc) is 2.68. The van der Waals surface area contributed by atoms with Gasteiger partial charge in [-0.05, 0) is 61.8 Å². The van der Waals surface area contributed by atoms with E-state index in [9.17, 15) is 27.5 Å². The van der Waals surface area contributed by atoms with Gasteiger partial charge in [0.15, 0.2) is 0 Å². The highest BCUT2D eigenvalue weighted by Gasteiger charge is 2.34. The number of carboxylic acid groups (broad SMARTS) is 1. The highest BCUT2D eigenvalue weighted by molar-refractivity contribution is 5.70. The summed E-state index contributed by atoms with van der Waals surface area (Å²) >= 11 is 0. The van der Waals surface area contributed by atoms with Gasteiger partial charge in [-0.15, -0.1) is 0 Å². The molecule has 1 aliphatic rings. The fourth-order valence-corrected chi connectivity index (χ4v) is 3.80. The first-order valence-corrected chi connectivity index (χ1v) is 9.18. The van der Waals surface area contributed by atoms with E-state index < -0.39 is 35.5 Å². The number of likely N-dealkylation sites (tertiary alicyclic amines) is 1. The predicted molar refractivity (Wildman–Crippen MR) is 98.2 cm³/mol. The van der Waals surface area contributed by atoms with E-state index in [1.807, 2.05) is 4.90 Å². The van der Waals surface area contributed by atoms with E-state index >= 15 is 0 Å². The van der Waals surface area contributed by atoms with Crippen molar-refractivity contribution in [1.29, 1.82) is 0 Å². The predicted octanol–water partition coefficient (Wildman–Crippen LogP) is 4.74. The van der Waals surface area contributed by atoms with E-state index in [0.29, 0.717) is 42.8 Å². The van der Waals surface area contributed by atoms with Crippen LogP contribution in [0.5, 0.6) is 5.75 Å². The summed E-state index contributed by atoms with van der Waals surface area (Å²) in [7, 11) is 1.41. The zero-order valence-electron chi connectivity index (χ0n) is 15.7. The van der Waals surface area contributed by atoms with E-state index in [1.54, 1.807) is 6.07 Å². The Morgan fingerprint density at radius 2 is 1.86 bits per heavy atom. The molecule has 2 aromatic rings. The first kappa shape index (κ1) is 21.1. The Morgan fingerprint density at radius 3 is 2.45 bits per heavy atom. The monoisotopic (exact) mass is 411 g/mol. The van der Waals surface area contributed by atoms with Gasteiger partial charge in [0.25, 0.3) is 0 Å². The molecule has 3 rings (SSSR count). The van der Waals surface area contributed by atoms with Crippen molar-refractivity contribution in [1.82, 2.24) is 4.90 Å². The maximum absolute atomic E-state index is 14.0. The number of methoxy groups -OCH3 is 1. The number of halogens is 4. The Bertz CT molecular complexity index is 876. The van der Waals surface area contributed by atoms with Crippen molar-refractivity contribution in [3.8, 4) is 5.75 Å². The fourth-order valence-electron chi connectivity index (χ4n) is 3.80. The van der Waals surface area contributed by atoms with Crippen molar-refractivity contribution in [2.75, 3.05) is 20.2 Å². The van der Waals surface area contributed by atoms with Gasteiger partial charge >= 0.3 is 12.1 Å². The Kier molecular flexibility index (Phi) is 6.12. The molecule has 0 aromatic heterocycles. The molecule has 1 saturated heterocycles. The zero-order chi connectivity index (χ0) is 21.2. The van der Waals surface area contributed by atoms with Crippen LogP contribution in [0, 0.1) is 11.7 Å². The van der Waals surface area contributed by atoms with Crippen molar-refractivity contribution in [3.63, 3.8) is 0 Å². The van der Waals surface area contributed by atoms with Gasteiger partial charge in [-0.1, -0.05) is 12.1 Å². The first-order chi connectivity index (χ1) is 13.7. The maximum atomic E-state index is 14.0. The lowest BCUT2D eigenvalue weighted by Gasteiger charge is -2.37. The number of piperidine rings is 1. The summed E-state index contributed by atoms with van der Waals surface area (Å²) in [6.45, 7) is 0.717. The Labute approximate surface area is 165 Å². The zero-order valence-corrected chi connectivity index (χ0v) is 15.7. The van der Waals surface area contributed by atoms with E-state index in [0.717, 1.165) is 12.1 Å². The standard InChI is InChI=1S/C21H21F4NO3/c1-29-18-6-5-16(22)12-17(18)19(26-9-7-13(8-10-26)20(27)28)14-3-2-4-15(11-14)21(23,24)25/h2-6,11-13,19H,7-10H2,1H3,(H,27,28). The van der Waals surface area contributed by atoms with Gasteiger partial charge in [-0.2, -0.15) is 13.2 Å². The van der Waals surface area contributed by atoms with Gasteiger partial charge in [0.05, 0.1) is 24.6 Å². The molecule has 4 nitrogen and oxygen atoms in total. The largest absolute Gasteiger partial charge is 0.496 e. The number of carboxylic acids is 1. The molecule has 0 amide bonds. The molecule has 0 saturated carbocycles. The van der Waals surface area contributed by atoms with Crippen LogP contribution in [-0.4, -0.2) is 36.2 Å². The van der Waals surface area contributed by atoms with E-state index in [1.165, 1.54) is 31.4 Å². The van der Waals surface area contributed by atoms with Gasteiger partial charge < -0.3 is 9.84 Å². The van der Waals surface area contributed by atoms with E-state index in [-0.39, 0.29) is 0 Å². The first-order valence-electron chi connectivity index (χ1n) is 9.18. The molecule has 0 radical (unpaired) electrons. The summed E-state index contributed by atoms with van der Waals surface area (Å²) in [6, 6.07) is 8.15. The van der Waals surface area contributed by atoms with Crippen molar-refractivity contribution in [2.45, 2.75) is 25.1 Å². The quantitative estimate of drug-likeness (QED) is 0.723. The highest BCUT2D eigenvalue weighted by atomic mass is 19.4. The molecule has 0 bridgehead atoms. The smallest absolute Gasteiger partial charge is 0.416 e. The summed E-state index contributed by atoms with van der Waals surface area (Å²) in [6.07, 6.45) is -3.78. The Balaban J connectivity index is 2.06. The van der Waals surface area contributed by atoms with Gasteiger partial charge in [0.1, 0.15) is 11.6 Å². The lowest BCUT2D eigenvalue weighted by molar-refractivity contribution is -0.143. The van der Waals surface area contributed by atoms with Crippen LogP contribution in [0.3, 0.4) is 0 Å². The van der Waals surface area contributed by atoms with Crippen molar-refractivity contribution < 1.29 is 32.2 Å². The Hall–Kier alpha value is -2.61. The molecular formula is C21H21F4NO3. The van der Waals surface area contributed by atoms with Crippen LogP contribution in [0.1, 0.15) is 35.6 Å². The van der Waals surface area contributed by atoms with Crippen LogP contribution >= 0.6 is 0 Å². The fraction of sp³-hybridized carbons (Fsp3) is 0.381. The third-order valence-electron chi connectivity index (χ3n) is 5.26. The van der Waals surface area contributed by atoms with Gasteiger partial charge in [-0.25, -0.2) is 4.39 Å². The molecule has 1 fully saturated rings. The second-order valence-corrected chi connectivity index (χ2v) is 7.06. The van der Waals surface area contributed by atoms with Crippen molar-refractivity contribution >= 4 is 5.97 Å². The van der Waals surface area contributed by atoms with Crippen molar-refractivity contribution in [2.24, 2.45) is 5.92 Å². The second kappa shape index (κ2) is 8.41.